The lowest BCUT2D eigenvalue weighted by atomic mass is 10.1. The number of hydrogen-bond donors (Lipinski definition) is 1. The van der Waals surface area contributed by atoms with Gasteiger partial charge in [0.15, 0.2) is 5.69 Å². The molecule has 0 unspecified atom stereocenters. The van der Waals surface area contributed by atoms with Gasteiger partial charge in [-0.15, -0.1) is 0 Å². The zero-order valence-corrected chi connectivity index (χ0v) is 19.0. The highest BCUT2D eigenvalue weighted by molar-refractivity contribution is 6.02. The standard InChI is InChI=1S/C25H22N6O4/c1-16-14-22(32)23(28-30(16)20-7-2-3-8-21(20)31(34)35)25(33)27-18-11-9-17(10-12-18)24-26-15-19-6-4-5-13-29(19)24/h2-3,7-12,14-15H,4-6,13H2,1H3,(H,27,33). The number of benzene rings is 2. The van der Waals surface area contributed by atoms with Crippen LogP contribution in [0.5, 0.6) is 0 Å². The first-order valence-corrected chi connectivity index (χ1v) is 11.2. The molecule has 10 nitrogen and oxygen atoms in total. The summed E-state index contributed by atoms with van der Waals surface area (Å²) in [6.45, 7) is 2.54. The van der Waals surface area contributed by atoms with Crippen LogP contribution in [-0.2, 0) is 13.0 Å². The molecule has 3 heterocycles. The quantitative estimate of drug-likeness (QED) is 0.348. The molecule has 1 N–H and O–H groups in total. The number of anilines is 1. The fourth-order valence-corrected chi connectivity index (χ4v) is 4.31. The van der Waals surface area contributed by atoms with Crippen LogP contribution < -0.4 is 10.7 Å². The van der Waals surface area contributed by atoms with Crippen LogP contribution in [0, 0.1) is 17.0 Å². The Morgan fingerprint density at radius 1 is 1.11 bits per heavy atom. The van der Waals surface area contributed by atoms with Crippen LogP contribution in [0.3, 0.4) is 0 Å². The average molecular weight is 470 g/mol. The molecule has 0 saturated carbocycles. The van der Waals surface area contributed by atoms with E-state index in [9.17, 15) is 19.7 Å². The van der Waals surface area contributed by atoms with Gasteiger partial charge >= 0.3 is 0 Å². The van der Waals surface area contributed by atoms with E-state index < -0.39 is 16.3 Å². The summed E-state index contributed by atoms with van der Waals surface area (Å²) in [5.41, 5.74) is 2.06. The van der Waals surface area contributed by atoms with E-state index >= 15 is 0 Å². The molecule has 1 aliphatic rings. The third-order valence-electron chi connectivity index (χ3n) is 6.03. The number of para-hydroxylation sites is 2. The summed E-state index contributed by atoms with van der Waals surface area (Å²) in [4.78, 5) is 40.9. The van der Waals surface area contributed by atoms with Gasteiger partial charge in [0.1, 0.15) is 11.5 Å². The Morgan fingerprint density at radius 2 is 1.89 bits per heavy atom. The summed E-state index contributed by atoms with van der Waals surface area (Å²) >= 11 is 0. The summed E-state index contributed by atoms with van der Waals surface area (Å²) in [6, 6.07) is 14.5. The average Bonchev–Trinajstić information content (AvgIpc) is 3.29. The smallest absolute Gasteiger partial charge is 0.294 e. The lowest BCUT2D eigenvalue weighted by molar-refractivity contribution is -0.384. The summed E-state index contributed by atoms with van der Waals surface area (Å²) in [5, 5.41) is 18.3. The Bertz CT molecular complexity index is 1500. The van der Waals surface area contributed by atoms with Crippen molar-refractivity contribution >= 4 is 17.3 Å². The molecule has 0 aliphatic carbocycles. The minimum atomic E-state index is -0.701. The van der Waals surface area contributed by atoms with Crippen molar-refractivity contribution in [3.63, 3.8) is 0 Å². The number of aryl methyl sites for hydroxylation is 2. The molecule has 4 aromatic rings. The minimum Gasteiger partial charge on any atom is -0.328 e. The Kier molecular flexibility index (Phi) is 5.69. The second kappa shape index (κ2) is 8.98. The van der Waals surface area contributed by atoms with Gasteiger partial charge in [-0.3, -0.25) is 19.7 Å². The Morgan fingerprint density at radius 3 is 2.66 bits per heavy atom. The van der Waals surface area contributed by atoms with Crippen LogP contribution >= 0.6 is 0 Å². The molecule has 0 atom stereocenters. The summed E-state index contributed by atoms with van der Waals surface area (Å²) in [5.74, 6) is 0.193. The number of imidazole rings is 1. The van der Waals surface area contributed by atoms with E-state index in [0.29, 0.717) is 11.4 Å². The van der Waals surface area contributed by atoms with Crippen molar-refractivity contribution in [3.05, 3.63) is 98.2 Å². The summed E-state index contributed by atoms with van der Waals surface area (Å²) in [7, 11) is 0. The summed E-state index contributed by atoms with van der Waals surface area (Å²) in [6.07, 6.45) is 5.23. The highest BCUT2D eigenvalue weighted by atomic mass is 16.6. The highest BCUT2D eigenvalue weighted by Crippen LogP contribution is 2.26. The number of carbonyl (C=O) groups excluding carboxylic acids is 1. The molecular weight excluding hydrogens is 448 g/mol. The van der Waals surface area contributed by atoms with Crippen LogP contribution in [0.15, 0.2) is 65.6 Å². The molecule has 176 valence electrons. The molecule has 35 heavy (non-hydrogen) atoms. The van der Waals surface area contributed by atoms with Crippen molar-refractivity contribution in [2.75, 3.05) is 5.32 Å². The van der Waals surface area contributed by atoms with E-state index in [-0.39, 0.29) is 17.1 Å². The van der Waals surface area contributed by atoms with Gasteiger partial charge in [0.05, 0.1) is 4.92 Å². The molecule has 2 aromatic carbocycles. The van der Waals surface area contributed by atoms with E-state index in [1.54, 1.807) is 25.1 Å². The molecule has 10 heteroatoms. The van der Waals surface area contributed by atoms with Crippen molar-refractivity contribution in [3.8, 4) is 17.1 Å². The predicted molar refractivity (Wildman–Crippen MR) is 130 cm³/mol. The molecule has 0 spiro atoms. The van der Waals surface area contributed by atoms with Crippen LogP contribution in [0.4, 0.5) is 11.4 Å². The van der Waals surface area contributed by atoms with Gasteiger partial charge in [-0.05, 0) is 56.5 Å². The number of nitro groups is 1. The normalized spacial score (nSPS) is 12.7. The van der Waals surface area contributed by atoms with Crippen LogP contribution in [0.1, 0.15) is 34.7 Å². The van der Waals surface area contributed by atoms with E-state index in [1.807, 2.05) is 18.3 Å². The van der Waals surface area contributed by atoms with Crippen LogP contribution in [0.25, 0.3) is 17.1 Å². The molecule has 0 saturated heterocycles. The number of nitrogens with zero attached hydrogens (tertiary/aromatic N) is 5. The van der Waals surface area contributed by atoms with Crippen molar-refractivity contribution in [1.82, 2.24) is 19.3 Å². The fraction of sp³-hybridized carbons (Fsp3) is 0.200. The number of rotatable bonds is 5. The SMILES string of the molecule is Cc1cc(=O)c(C(=O)Nc2ccc(-c3ncc4n3CCCC4)cc2)nn1-c1ccccc1[N+](=O)[O-]. The van der Waals surface area contributed by atoms with E-state index in [1.165, 1.54) is 41.1 Å². The number of aromatic nitrogens is 4. The van der Waals surface area contributed by atoms with Gasteiger partial charge in [-0.25, -0.2) is 9.67 Å². The number of nitrogens with one attached hydrogen (secondary N) is 1. The molecule has 2 aromatic heterocycles. The maximum Gasteiger partial charge on any atom is 0.294 e. The minimum absolute atomic E-state index is 0.163. The molecule has 0 bridgehead atoms. The monoisotopic (exact) mass is 470 g/mol. The van der Waals surface area contributed by atoms with Crippen molar-refractivity contribution < 1.29 is 9.72 Å². The molecule has 1 aliphatic heterocycles. The van der Waals surface area contributed by atoms with Gasteiger partial charge in [0.2, 0.25) is 5.43 Å². The number of nitro benzene ring substituents is 1. The van der Waals surface area contributed by atoms with Gasteiger partial charge < -0.3 is 9.88 Å². The lowest BCUT2D eigenvalue weighted by Crippen LogP contribution is -2.27. The second-order valence-electron chi connectivity index (χ2n) is 8.37. The molecule has 1 amide bonds. The summed E-state index contributed by atoms with van der Waals surface area (Å²) < 4.78 is 3.46. The van der Waals surface area contributed by atoms with E-state index in [4.69, 9.17) is 0 Å². The first kappa shape index (κ1) is 22.2. The molecule has 0 radical (unpaired) electrons. The molecular formula is C25H22N6O4. The third kappa shape index (κ3) is 4.21. The maximum atomic E-state index is 12.9. The zero-order chi connectivity index (χ0) is 24.5. The number of hydrogen-bond acceptors (Lipinski definition) is 6. The lowest BCUT2D eigenvalue weighted by Gasteiger charge is -2.16. The van der Waals surface area contributed by atoms with Gasteiger partial charge in [-0.1, -0.05) is 12.1 Å². The second-order valence-corrected chi connectivity index (χ2v) is 8.37. The first-order chi connectivity index (χ1) is 16.9. The highest BCUT2D eigenvalue weighted by Gasteiger charge is 2.21. The molecule has 5 rings (SSSR count). The zero-order valence-electron chi connectivity index (χ0n) is 19.0. The van der Waals surface area contributed by atoms with E-state index in [0.717, 1.165) is 30.8 Å². The Hall–Kier alpha value is -4.60. The van der Waals surface area contributed by atoms with Gasteiger partial charge in [-0.2, -0.15) is 5.10 Å². The third-order valence-corrected chi connectivity index (χ3v) is 6.03. The van der Waals surface area contributed by atoms with Gasteiger partial charge in [0, 0.05) is 47.5 Å². The van der Waals surface area contributed by atoms with Crippen molar-refractivity contribution in [2.24, 2.45) is 0 Å². The fourth-order valence-electron chi connectivity index (χ4n) is 4.31. The first-order valence-electron chi connectivity index (χ1n) is 11.2. The van der Waals surface area contributed by atoms with Gasteiger partial charge in [0.25, 0.3) is 11.6 Å². The Balaban J connectivity index is 1.42. The Labute approximate surface area is 200 Å². The number of fused-ring (bicyclic) bond motifs is 1. The van der Waals surface area contributed by atoms with E-state index in [2.05, 4.69) is 20.0 Å². The van der Waals surface area contributed by atoms with Crippen molar-refractivity contribution in [2.45, 2.75) is 32.7 Å². The number of amides is 1. The number of carbonyl (C=O) groups is 1. The molecule has 0 fully saturated rings. The topological polar surface area (TPSA) is 125 Å². The van der Waals surface area contributed by atoms with Crippen molar-refractivity contribution in [1.29, 1.82) is 0 Å². The van der Waals surface area contributed by atoms with Crippen LogP contribution in [0.2, 0.25) is 0 Å². The largest absolute Gasteiger partial charge is 0.328 e. The van der Waals surface area contributed by atoms with Crippen LogP contribution in [-0.4, -0.2) is 30.2 Å². The predicted octanol–water partition coefficient (Wildman–Crippen LogP) is 3.90. The maximum absolute atomic E-state index is 12.9.